The molecule has 1 heterocycles. The Kier molecular flexibility index (Phi) is 4.50. The molecule has 0 aliphatic carbocycles. The summed E-state index contributed by atoms with van der Waals surface area (Å²) in [5, 5.41) is 11.1. The molecule has 1 fully saturated rings. The topological polar surface area (TPSA) is 95.9 Å². The molecule has 1 saturated heterocycles. The third-order valence-corrected chi connectivity index (χ3v) is 3.49. The average molecular weight is 397 g/mol. The van der Waals surface area contributed by atoms with Gasteiger partial charge in [0.25, 0.3) is 0 Å². The number of imide groups is 1. The number of nitrogens with zero attached hydrogens (tertiary/aromatic N) is 1. The Bertz CT molecular complexity index is 692. The van der Waals surface area contributed by atoms with Crippen molar-refractivity contribution >= 4 is 39.5 Å². The van der Waals surface area contributed by atoms with Crippen LogP contribution in [0.5, 0.6) is 5.75 Å². The molecule has 124 valence electrons. The lowest BCUT2D eigenvalue weighted by atomic mass is 10.1. The van der Waals surface area contributed by atoms with Crippen molar-refractivity contribution in [3.63, 3.8) is 0 Å². The van der Waals surface area contributed by atoms with Gasteiger partial charge in [0.2, 0.25) is 5.91 Å². The van der Waals surface area contributed by atoms with E-state index in [1.807, 2.05) is 5.32 Å². The zero-order valence-corrected chi connectivity index (χ0v) is 12.7. The predicted molar refractivity (Wildman–Crippen MR) is 73.3 cm³/mol. The number of hydrogen-bond acceptors (Lipinski definition) is 4. The van der Waals surface area contributed by atoms with Crippen LogP contribution in [-0.4, -0.2) is 35.9 Å². The average Bonchev–Trinajstić information content (AvgIpc) is 2.37. The molecule has 1 aliphatic rings. The first-order valence-corrected chi connectivity index (χ1v) is 6.81. The van der Waals surface area contributed by atoms with E-state index < -0.39 is 35.6 Å². The lowest BCUT2D eigenvalue weighted by Crippen LogP contribution is -2.49. The summed E-state index contributed by atoms with van der Waals surface area (Å²) in [6.07, 6.45) is -5.10. The molecule has 0 radical (unpaired) electrons. The fourth-order valence-corrected chi connectivity index (χ4v) is 2.46. The fraction of sp³-hybridized carbons (Fsp3) is 0.250. The largest absolute Gasteiger partial charge is 0.573 e. The normalized spacial score (nSPS) is 15.4. The van der Waals surface area contributed by atoms with Gasteiger partial charge in [-0.1, -0.05) is 0 Å². The lowest BCUT2D eigenvalue weighted by molar-refractivity contribution is -0.274. The molecule has 1 aromatic rings. The van der Waals surface area contributed by atoms with Crippen LogP contribution in [0.4, 0.5) is 23.7 Å². The minimum absolute atomic E-state index is 0.00178. The van der Waals surface area contributed by atoms with E-state index in [1.54, 1.807) is 0 Å². The summed E-state index contributed by atoms with van der Waals surface area (Å²) in [5.41, 5.74) is -0.771. The van der Waals surface area contributed by atoms with Crippen LogP contribution >= 0.6 is 15.9 Å². The summed E-state index contributed by atoms with van der Waals surface area (Å²) in [6.45, 7) is -0.0399. The predicted octanol–water partition coefficient (Wildman–Crippen LogP) is 2.49. The Morgan fingerprint density at radius 3 is 2.52 bits per heavy atom. The van der Waals surface area contributed by atoms with Crippen LogP contribution in [-0.2, 0) is 4.79 Å². The minimum atomic E-state index is -5.07. The number of rotatable bonds is 3. The lowest BCUT2D eigenvalue weighted by Gasteiger charge is -2.28. The number of aromatic carboxylic acids is 1. The van der Waals surface area contributed by atoms with Gasteiger partial charge < -0.3 is 9.84 Å². The quantitative estimate of drug-likeness (QED) is 0.817. The van der Waals surface area contributed by atoms with Crippen molar-refractivity contribution in [3.05, 3.63) is 22.2 Å². The van der Waals surface area contributed by atoms with E-state index in [4.69, 9.17) is 5.11 Å². The highest BCUT2D eigenvalue weighted by atomic mass is 79.9. The summed E-state index contributed by atoms with van der Waals surface area (Å²) in [6, 6.07) is 0.863. The molecule has 1 aromatic carbocycles. The van der Waals surface area contributed by atoms with Gasteiger partial charge in [-0.2, -0.15) is 0 Å². The van der Waals surface area contributed by atoms with Crippen LogP contribution < -0.4 is 15.0 Å². The molecule has 0 bridgehead atoms. The zero-order valence-electron chi connectivity index (χ0n) is 11.1. The molecule has 3 amide bonds. The number of anilines is 1. The van der Waals surface area contributed by atoms with Crippen LogP contribution in [0, 0.1) is 0 Å². The Morgan fingerprint density at radius 1 is 1.35 bits per heavy atom. The maximum atomic E-state index is 12.3. The van der Waals surface area contributed by atoms with E-state index in [0.717, 1.165) is 17.0 Å². The zero-order chi connectivity index (χ0) is 17.4. The number of hydrogen-bond donors (Lipinski definition) is 2. The Morgan fingerprint density at radius 2 is 2.00 bits per heavy atom. The van der Waals surface area contributed by atoms with E-state index in [-0.39, 0.29) is 23.1 Å². The molecule has 23 heavy (non-hydrogen) atoms. The number of carboxylic acid groups (broad SMARTS) is 1. The van der Waals surface area contributed by atoms with Crippen molar-refractivity contribution in [1.82, 2.24) is 5.32 Å². The van der Waals surface area contributed by atoms with E-state index in [0.29, 0.717) is 0 Å². The maximum Gasteiger partial charge on any atom is 0.573 e. The van der Waals surface area contributed by atoms with Crippen molar-refractivity contribution in [2.45, 2.75) is 12.8 Å². The second-order valence-corrected chi connectivity index (χ2v) is 5.26. The maximum absolute atomic E-state index is 12.3. The molecule has 0 spiro atoms. The number of nitrogens with one attached hydrogen (secondary N) is 1. The number of carboxylic acids is 1. The van der Waals surface area contributed by atoms with E-state index in [9.17, 15) is 27.6 Å². The van der Waals surface area contributed by atoms with E-state index >= 15 is 0 Å². The van der Waals surface area contributed by atoms with Gasteiger partial charge in [-0.15, -0.1) is 13.2 Å². The van der Waals surface area contributed by atoms with Crippen molar-refractivity contribution in [3.8, 4) is 5.75 Å². The number of benzene rings is 1. The third-order valence-electron chi connectivity index (χ3n) is 2.85. The Balaban J connectivity index is 2.46. The van der Waals surface area contributed by atoms with Gasteiger partial charge in [0.15, 0.2) is 0 Å². The molecule has 11 heteroatoms. The van der Waals surface area contributed by atoms with Crippen LogP contribution in [0.1, 0.15) is 16.8 Å². The highest BCUT2D eigenvalue weighted by Gasteiger charge is 2.34. The molecule has 0 saturated carbocycles. The van der Waals surface area contributed by atoms with Crippen LogP contribution in [0.25, 0.3) is 0 Å². The third kappa shape index (κ3) is 3.92. The summed E-state index contributed by atoms with van der Waals surface area (Å²) < 4.78 is 40.7. The number of ether oxygens (including phenoxy) is 1. The fourth-order valence-electron chi connectivity index (χ4n) is 1.92. The van der Waals surface area contributed by atoms with E-state index in [1.165, 1.54) is 0 Å². The number of halogens is 4. The first-order valence-electron chi connectivity index (χ1n) is 6.02. The molecule has 0 unspecified atom stereocenters. The second-order valence-electron chi connectivity index (χ2n) is 4.41. The second kappa shape index (κ2) is 6.07. The van der Waals surface area contributed by atoms with Gasteiger partial charge >= 0.3 is 18.4 Å². The Hall–Kier alpha value is -2.30. The van der Waals surface area contributed by atoms with Gasteiger partial charge in [-0.05, 0) is 28.1 Å². The molecule has 2 rings (SSSR count). The number of alkyl halides is 3. The summed E-state index contributed by atoms with van der Waals surface area (Å²) in [4.78, 5) is 35.1. The van der Waals surface area contributed by atoms with Crippen molar-refractivity contribution in [2.75, 3.05) is 11.4 Å². The first kappa shape index (κ1) is 17.1. The number of carbonyl (C=O) groups excluding carboxylic acids is 2. The summed E-state index contributed by atoms with van der Waals surface area (Å²) in [5.74, 6) is -3.08. The number of urea groups is 1. The van der Waals surface area contributed by atoms with Gasteiger partial charge in [-0.25, -0.2) is 9.59 Å². The first-order chi connectivity index (χ1) is 10.6. The van der Waals surface area contributed by atoms with Crippen molar-refractivity contribution in [1.29, 1.82) is 0 Å². The molecular formula is C12H8BrF3N2O5. The standard InChI is InChI=1S/C12H8BrF3N2O5/c13-6-4-8(23-12(14,15)16)5(10(20)21)3-7(6)18-2-1-9(19)17-11(18)22/h3-4H,1-2H2,(H,20,21)(H,17,19,22). The van der Waals surface area contributed by atoms with Crippen LogP contribution in [0.2, 0.25) is 0 Å². The van der Waals surface area contributed by atoms with Crippen molar-refractivity contribution in [2.24, 2.45) is 0 Å². The number of carbonyl (C=O) groups is 3. The van der Waals surface area contributed by atoms with Gasteiger partial charge in [0, 0.05) is 17.4 Å². The molecule has 2 N–H and O–H groups in total. The minimum Gasteiger partial charge on any atom is -0.478 e. The molecule has 1 aliphatic heterocycles. The summed E-state index contributed by atoms with van der Waals surface area (Å²) in [7, 11) is 0. The molecule has 0 atom stereocenters. The SMILES string of the molecule is O=C1CCN(c2cc(C(=O)O)c(OC(F)(F)F)cc2Br)C(=O)N1. The number of amides is 3. The Labute approximate surface area is 135 Å². The van der Waals surface area contributed by atoms with Crippen molar-refractivity contribution < 1.29 is 37.4 Å². The van der Waals surface area contributed by atoms with Crippen LogP contribution in [0.3, 0.4) is 0 Å². The monoisotopic (exact) mass is 396 g/mol. The smallest absolute Gasteiger partial charge is 0.478 e. The van der Waals surface area contributed by atoms with Crippen LogP contribution in [0.15, 0.2) is 16.6 Å². The molecule has 7 nitrogen and oxygen atoms in total. The molecule has 0 aromatic heterocycles. The highest BCUT2D eigenvalue weighted by Crippen LogP contribution is 2.36. The van der Waals surface area contributed by atoms with Gasteiger partial charge in [-0.3, -0.25) is 15.0 Å². The molecular weight excluding hydrogens is 389 g/mol. The van der Waals surface area contributed by atoms with Gasteiger partial charge in [0.05, 0.1) is 5.69 Å². The van der Waals surface area contributed by atoms with Gasteiger partial charge in [0.1, 0.15) is 11.3 Å². The summed E-state index contributed by atoms with van der Waals surface area (Å²) >= 11 is 2.97. The van der Waals surface area contributed by atoms with E-state index in [2.05, 4.69) is 20.7 Å². The highest BCUT2D eigenvalue weighted by molar-refractivity contribution is 9.10.